The summed E-state index contributed by atoms with van der Waals surface area (Å²) in [5.74, 6) is 0. The fraction of sp³-hybridized carbons (Fsp3) is 0.667. The Morgan fingerprint density at radius 1 is 1.60 bits per heavy atom. The maximum Gasteiger partial charge on any atom is 0 e. The van der Waals surface area contributed by atoms with Gasteiger partial charge in [0.1, 0.15) is 0 Å². The van der Waals surface area contributed by atoms with Crippen LogP contribution < -0.4 is 0 Å². The molecule has 0 saturated heterocycles. The molecule has 0 rings (SSSR count). The molecular formula is C3H7SiY-. The molecule has 0 unspecified atom stereocenters. The monoisotopic (exact) mass is 160 g/mol. The largest absolute Gasteiger partial charge is 0.338 e. The van der Waals surface area contributed by atoms with Crippen LogP contribution in [0.3, 0.4) is 0 Å². The Morgan fingerprint density at radius 2 is 1.80 bits per heavy atom. The third-order valence-electron chi connectivity index (χ3n) is 0.289. The zero-order valence-corrected chi connectivity index (χ0v) is 7.49. The summed E-state index contributed by atoms with van der Waals surface area (Å²) in [4.78, 5) is 0. The van der Waals surface area contributed by atoms with Crippen LogP contribution in [0.4, 0.5) is 0 Å². The van der Waals surface area contributed by atoms with E-state index in [0.29, 0.717) is 0 Å². The summed E-state index contributed by atoms with van der Waals surface area (Å²) >= 11 is 0. The van der Waals surface area contributed by atoms with Crippen molar-refractivity contribution in [2.75, 3.05) is 0 Å². The van der Waals surface area contributed by atoms with E-state index in [0.717, 1.165) is 9.52 Å². The van der Waals surface area contributed by atoms with Crippen LogP contribution in [0.25, 0.3) is 0 Å². The quantitative estimate of drug-likeness (QED) is 0.395. The Balaban J connectivity index is 0. The van der Waals surface area contributed by atoms with Gasteiger partial charge in [-0.05, 0) is 0 Å². The fourth-order valence-corrected chi connectivity index (χ4v) is 0. The van der Waals surface area contributed by atoms with Crippen molar-refractivity contribution in [1.29, 1.82) is 0 Å². The van der Waals surface area contributed by atoms with Crippen molar-refractivity contribution >= 4 is 9.52 Å². The molecule has 0 saturated carbocycles. The number of hydrogen-bond acceptors (Lipinski definition) is 0. The summed E-state index contributed by atoms with van der Waals surface area (Å²) < 4.78 is 0. The van der Waals surface area contributed by atoms with Gasteiger partial charge in [0.15, 0.2) is 0 Å². The van der Waals surface area contributed by atoms with E-state index in [4.69, 9.17) is 0 Å². The number of rotatable bonds is 1. The predicted molar refractivity (Wildman–Crippen MR) is 21.6 cm³/mol. The van der Waals surface area contributed by atoms with Crippen LogP contribution in [-0.4, -0.2) is 9.52 Å². The molecular weight excluding hydrogens is 153 g/mol. The third kappa shape index (κ3) is 10.9. The van der Waals surface area contributed by atoms with Crippen molar-refractivity contribution < 1.29 is 32.7 Å². The molecule has 0 bridgehead atoms. The van der Waals surface area contributed by atoms with Crippen molar-refractivity contribution in [3.05, 3.63) is 6.04 Å². The van der Waals surface area contributed by atoms with Gasteiger partial charge in [0.25, 0.3) is 0 Å². The van der Waals surface area contributed by atoms with Crippen LogP contribution in [0, 0.1) is 6.04 Å². The van der Waals surface area contributed by atoms with E-state index >= 15 is 0 Å². The minimum Gasteiger partial charge on any atom is -0.338 e. The van der Waals surface area contributed by atoms with Crippen molar-refractivity contribution in [3.8, 4) is 0 Å². The van der Waals surface area contributed by atoms with Gasteiger partial charge in [-0.2, -0.15) is 16.4 Å². The van der Waals surface area contributed by atoms with E-state index in [-0.39, 0.29) is 32.7 Å². The summed E-state index contributed by atoms with van der Waals surface area (Å²) in [7, 11) is 1.02. The summed E-state index contributed by atoms with van der Waals surface area (Å²) in [5, 5.41) is 0. The van der Waals surface area contributed by atoms with Crippen LogP contribution in [0.1, 0.15) is 6.92 Å². The van der Waals surface area contributed by atoms with E-state index in [1.54, 1.807) is 0 Å². The van der Waals surface area contributed by atoms with Crippen LogP contribution in [-0.2, 0) is 32.7 Å². The Bertz CT molecular complexity index is 8.85. The Hall–Kier alpha value is 1.32. The predicted octanol–water partition coefficient (Wildman–Crippen LogP) is 0.918. The van der Waals surface area contributed by atoms with Gasteiger partial charge in [-0.25, -0.2) is 0 Å². The zero-order chi connectivity index (χ0) is 3.41. The Morgan fingerprint density at radius 3 is 1.80 bits per heavy atom. The van der Waals surface area contributed by atoms with Gasteiger partial charge in [0, 0.05) is 32.7 Å². The summed E-state index contributed by atoms with van der Waals surface area (Å²) in [5.41, 5.74) is 0. The molecule has 0 atom stereocenters. The van der Waals surface area contributed by atoms with Gasteiger partial charge in [0.05, 0.1) is 0 Å². The molecule has 0 spiro atoms. The molecule has 0 nitrogen and oxygen atoms in total. The maximum absolute atomic E-state index is 2.15. The minimum absolute atomic E-state index is 0. The molecule has 27 valence electrons. The van der Waals surface area contributed by atoms with Crippen LogP contribution >= 0.6 is 0 Å². The molecule has 0 heterocycles. The Kier molecular flexibility index (Phi) is 17.3. The van der Waals surface area contributed by atoms with Gasteiger partial charge < -0.3 is 6.04 Å². The van der Waals surface area contributed by atoms with Gasteiger partial charge >= 0.3 is 0 Å². The van der Waals surface area contributed by atoms with Gasteiger partial charge in [-0.1, -0.05) is 0 Å². The molecule has 0 aromatic heterocycles. The Labute approximate surface area is 61.4 Å². The fourth-order valence-electron chi connectivity index (χ4n) is 0. The topological polar surface area (TPSA) is 0 Å². The second-order valence-corrected chi connectivity index (χ2v) is 1.73. The van der Waals surface area contributed by atoms with E-state index < -0.39 is 0 Å². The zero-order valence-electron chi connectivity index (χ0n) is 3.65. The molecule has 0 N–H and O–H groups in total. The van der Waals surface area contributed by atoms with Gasteiger partial charge in [-0.15, -0.1) is 6.55 Å². The summed E-state index contributed by atoms with van der Waals surface area (Å²) in [6.07, 6.45) is 0. The molecule has 0 aliphatic heterocycles. The van der Waals surface area contributed by atoms with E-state index in [9.17, 15) is 0 Å². The second-order valence-electron chi connectivity index (χ2n) is 0.577. The van der Waals surface area contributed by atoms with Crippen LogP contribution in [0.15, 0.2) is 0 Å². The van der Waals surface area contributed by atoms with Gasteiger partial charge in [0.2, 0.25) is 0 Å². The first-order chi connectivity index (χ1) is 1.91. The smallest absolute Gasteiger partial charge is 0 e. The van der Waals surface area contributed by atoms with Crippen LogP contribution in [0.2, 0.25) is 6.55 Å². The van der Waals surface area contributed by atoms with Crippen molar-refractivity contribution in [1.82, 2.24) is 0 Å². The van der Waals surface area contributed by atoms with E-state index in [2.05, 4.69) is 19.5 Å². The second kappa shape index (κ2) is 9.01. The molecule has 2 heteroatoms. The minimum atomic E-state index is 0. The SMILES string of the molecule is C[CH-][Si]C.[Y]. The molecule has 0 fully saturated rings. The summed E-state index contributed by atoms with van der Waals surface area (Å²) in [6, 6.07) is 2.15. The number of hydrogen-bond donors (Lipinski definition) is 0. The van der Waals surface area contributed by atoms with Crippen LogP contribution in [0.5, 0.6) is 0 Å². The van der Waals surface area contributed by atoms with E-state index in [1.807, 2.05) is 0 Å². The molecule has 3 radical (unpaired) electrons. The molecule has 0 aromatic carbocycles. The van der Waals surface area contributed by atoms with Crippen molar-refractivity contribution in [3.63, 3.8) is 0 Å². The third-order valence-corrected chi connectivity index (χ3v) is 0.866. The van der Waals surface area contributed by atoms with Crippen molar-refractivity contribution in [2.45, 2.75) is 13.5 Å². The first-order valence-electron chi connectivity index (χ1n) is 1.37. The standard InChI is InChI=1S/C3H7Si.Y/c1-3-4-2;/h3H,1-2H3;/q-1;. The molecule has 0 aliphatic rings. The molecule has 0 aromatic rings. The van der Waals surface area contributed by atoms with E-state index in [1.165, 1.54) is 0 Å². The molecule has 0 aliphatic carbocycles. The normalized spacial score (nSPS) is 6.00. The summed E-state index contributed by atoms with van der Waals surface area (Å²) in [6.45, 7) is 4.22. The van der Waals surface area contributed by atoms with Crippen molar-refractivity contribution in [2.24, 2.45) is 0 Å². The molecule has 5 heavy (non-hydrogen) atoms. The first-order valence-corrected chi connectivity index (χ1v) is 2.94. The first kappa shape index (κ1) is 9.59. The average Bonchev–Trinajstić information content (AvgIpc) is 1.37. The average molecular weight is 160 g/mol. The van der Waals surface area contributed by atoms with Gasteiger partial charge in [-0.3, -0.25) is 0 Å². The maximum atomic E-state index is 2.15. The molecule has 0 amide bonds.